The SMILES string of the molecule is O=C1c2c(OCc3ccccc3)c(=O)ccn2N(C23C(=Cc4c2ccc(F)c4P)Cc2ccccc23)CN1CC1CCOCC1. The van der Waals surface area contributed by atoms with Gasteiger partial charge >= 0.3 is 0 Å². The van der Waals surface area contributed by atoms with Gasteiger partial charge in [0.25, 0.3) is 5.91 Å². The number of pyridine rings is 1. The summed E-state index contributed by atoms with van der Waals surface area (Å²) in [5, 5.41) is 2.70. The standard InChI is InChI=1S/C36H33FN3O4P/c37-30-11-10-29-27(34(30)45)19-26-18-25-8-4-5-9-28(25)36(26,29)40-22-38(20-23-13-16-43-17-14-23)35(42)32-33(31(41)12-15-39(32)40)44-21-24-6-2-1-3-7-24/h1-12,15,19,23H,13-14,16-18,20-22,45H2. The summed E-state index contributed by atoms with van der Waals surface area (Å²) in [5.41, 5.74) is 5.09. The zero-order chi connectivity index (χ0) is 30.7. The van der Waals surface area contributed by atoms with Crippen LogP contribution in [0.3, 0.4) is 0 Å². The van der Waals surface area contributed by atoms with E-state index in [2.05, 4.69) is 32.5 Å². The molecule has 1 amide bonds. The monoisotopic (exact) mass is 621 g/mol. The quantitative estimate of drug-likeness (QED) is 0.291. The first-order chi connectivity index (χ1) is 22.0. The summed E-state index contributed by atoms with van der Waals surface area (Å²) in [5.74, 6) is -0.220. The van der Waals surface area contributed by atoms with Crippen molar-refractivity contribution in [3.63, 3.8) is 0 Å². The molecule has 228 valence electrons. The van der Waals surface area contributed by atoms with Crippen molar-refractivity contribution in [3.8, 4) is 5.75 Å². The van der Waals surface area contributed by atoms with E-state index in [9.17, 15) is 14.0 Å². The molecule has 0 N–H and O–H groups in total. The maximum atomic E-state index is 15.0. The van der Waals surface area contributed by atoms with Crippen molar-refractivity contribution in [1.29, 1.82) is 0 Å². The molecule has 9 heteroatoms. The van der Waals surface area contributed by atoms with Gasteiger partial charge in [0.1, 0.15) is 24.6 Å². The number of amides is 1. The fourth-order valence-corrected chi connectivity index (χ4v) is 7.91. The molecule has 2 aliphatic heterocycles. The summed E-state index contributed by atoms with van der Waals surface area (Å²) < 4.78 is 28.6. The van der Waals surface area contributed by atoms with Gasteiger partial charge in [-0.25, -0.2) is 4.39 Å². The smallest absolute Gasteiger partial charge is 0.277 e. The van der Waals surface area contributed by atoms with E-state index in [0.29, 0.717) is 31.5 Å². The van der Waals surface area contributed by atoms with Crippen LogP contribution in [0.5, 0.6) is 5.75 Å². The predicted octanol–water partition coefficient (Wildman–Crippen LogP) is 4.74. The van der Waals surface area contributed by atoms with Crippen LogP contribution >= 0.6 is 9.24 Å². The minimum absolute atomic E-state index is 0.0327. The summed E-state index contributed by atoms with van der Waals surface area (Å²) in [6, 6.07) is 22.8. The van der Waals surface area contributed by atoms with E-state index in [4.69, 9.17) is 9.47 Å². The van der Waals surface area contributed by atoms with E-state index >= 15 is 0 Å². The number of hydrogen-bond donors (Lipinski definition) is 0. The minimum atomic E-state index is -0.819. The zero-order valence-corrected chi connectivity index (χ0v) is 25.9. The van der Waals surface area contributed by atoms with Gasteiger partial charge in [0.05, 0.1) is 0 Å². The summed E-state index contributed by atoms with van der Waals surface area (Å²) in [4.78, 5) is 29.8. The van der Waals surface area contributed by atoms with Crippen LogP contribution in [0.15, 0.2) is 89.4 Å². The number of nitrogens with zero attached hydrogens (tertiary/aromatic N) is 3. The Kier molecular flexibility index (Phi) is 6.88. The zero-order valence-electron chi connectivity index (χ0n) is 24.7. The molecule has 2 unspecified atom stereocenters. The molecular formula is C36H33FN3O4P. The highest BCUT2D eigenvalue weighted by molar-refractivity contribution is 7.27. The van der Waals surface area contributed by atoms with E-state index < -0.39 is 5.54 Å². The van der Waals surface area contributed by atoms with Gasteiger partial charge in [0.15, 0.2) is 11.4 Å². The third kappa shape index (κ3) is 4.38. The normalized spacial score (nSPS) is 20.4. The maximum absolute atomic E-state index is 15.0. The molecule has 4 aromatic rings. The van der Waals surface area contributed by atoms with Crippen molar-refractivity contribution in [1.82, 2.24) is 9.58 Å². The van der Waals surface area contributed by atoms with Gasteiger partial charge in [-0.05, 0) is 64.6 Å². The van der Waals surface area contributed by atoms with Crippen molar-refractivity contribution in [2.75, 3.05) is 31.4 Å². The summed E-state index contributed by atoms with van der Waals surface area (Å²) in [6.45, 7) is 2.29. The van der Waals surface area contributed by atoms with E-state index in [-0.39, 0.29) is 47.8 Å². The molecule has 45 heavy (non-hydrogen) atoms. The molecule has 4 aliphatic rings. The van der Waals surface area contributed by atoms with Crippen molar-refractivity contribution in [3.05, 3.63) is 134 Å². The predicted molar refractivity (Wildman–Crippen MR) is 174 cm³/mol. The van der Waals surface area contributed by atoms with E-state index in [0.717, 1.165) is 40.7 Å². The molecule has 7 nitrogen and oxygen atoms in total. The number of rotatable bonds is 6. The molecule has 2 atom stereocenters. The lowest BCUT2D eigenvalue weighted by atomic mass is 9.83. The highest BCUT2D eigenvalue weighted by Crippen LogP contribution is 2.55. The summed E-state index contributed by atoms with van der Waals surface area (Å²) in [6.07, 6.45) is 6.21. The van der Waals surface area contributed by atoms with Gasteiger partial charge < -0.3 is 14.4 Å². The van der Waals surface area contributed by atoms with Crippen LogP contribution in [-0.2, 0) is 23.3 Å². The van der Waals surface area contributed by atoms with Crippen molar-refractivity contribution in [2.24, 2.45) is 5.92 Å². The minimum Gasteiger partial charge on any atom is -0.482 e. The first kappa shape index (κ1) is 28.2. The van der Waals surface area contributed by atoms with Crippen LogP contribution in [-0.4, -0.2) is 41.9 Å². The Morgan fingerprint density at radius 2 is 1.73 bits per heavy atom. The number of aromatic nitrogens is 1. The number of ether oxygens (including phenoxy) is 2. The Morgan fingerprint density at radius 3 is 2.56 bits per heavy atom. The second-order valence-corrected chi connectivity index (χ2v) is 12.8. The average Bonchev–Trinajstić information content (AvgIpc) is 3.56. The van der Waals surface area contributed by atoms with Gasteiger partial charge in [-0.2, -0.15) is 0 Å². The second kappa shape index (κ2) is 11.0. The largest absolute Gasteiger partial charge is 0.482 e. The molecule has 3 aromatic carbocycles. The Bertz CT molecular complexity index is 1920. The molecule has 0 radical (unpaired) electrons. The van der Waals surface area contributed by atoms with Crippen LogP contribution < -0.4 is 20.5 Å². The Labute approximate surface area is 263 Å². The van der Waals surface area contributed by atoms with Crippen LogP contribution in [0, 0.1) is 11.7 Å². The number of hydrogen-bond acceptors (Lipinski definition) is 5. The lowest BCUT2D eigenvalue weighted by molar-refractivity contribution is 0.0398. The van der Waals surface area contributed by atoms with Gasteiger partial charge in [-0.3, -0.25) is 19.3 Å². The van der Waals surface area contributed by atoms with Crippen LogP contribution in [0.2, 0.25) is 0 Å². The molecule has 1 aromatic heterocycles. The van der Waals surface area contributed by atoms with Crippen molar-refractivity contribution < 1.29 is 18.7 Å². The number of halogens is 1. The summed E-state index contributed by atoms with van der Waals surface area (Å²) >= 11 is 0. The molecule has 0 saturated carbocycles. The Hall–Kier alpha value is -4.26. The fourth-order valence-electron chi connectivity index (χ4n) is 7.57. The number of carbonyl (C=O) groups is 1. The number of carbonyl (C=O) groups excluding carboxylic acids is 1. The third-order valence-corrected chi connectivity index (χ3v) is 10.3. The first-order valence-electron chi connectivity index (χ1n) is 15.4. The fraction of sp³-hybridized carbons (Fsp3) is 0.278. The van der Waals surface area contributed by atoms with Crippen LogP contribution in [0.1, 0.15) is 51.1 Å². The van der Waals surface area contributed by atoms with Crippen LogP contribution in [0.25, 0.3) is 6.08 Å². The second-order valence-electron chi connectivity index (χ2n) is 12.2. The average molecular weight is 622 g/mol. The topological polar surface area (TPSA) is 64.0 Å². The lowest BCUT2D eigenvalue weighted by Gasteiger charge is -2.50. The molecule has 2 aliphatic carbocycles. The third-order valence-electron chi connectivity index (χ3n) is 9.72. The lowest BCUT2D eigenvalue weighted by Crippen LogP contribution is -2.63. The van der Waals surface area contributed by atoms with Gasteiger partial charge in [-0.15, -0.1) is 9.24 Å². The highest BCUT2D eigenvalue weighted by atomic mass is 31.0. The number of benzene rings is 3. The number of fused-ring (bicyclic) bond motifs is 6. The van der Waals surface area contributed by atoms with E-state index in [1.54, 1.807) is 6.20 Å². The molecule has 0 bridgehead atoms. The molecule has 8 rings (SSSR count). The Balaban J connectivity index is 1.33. The molecule has 1 fully saturated rings. The highest BCUT2D eigenvalue weighted by Gasteiger charge is 2.55. The van der Waals surface area contributed by atoms with Gasteiger partial charge in [-0.1, -0.05) is 66.7 Å². The summed E-state index contributed by atoms with van der Waals surface area (Å²) in [7, 11) is 2.58. The van der Waals surface area contributed by atoms with Crippen molar-refractivity contribution in [2.45, 2.75) is 31.4 Å². The van der Waals surface area contributed by atoms with Crippen LogP contribution in [0.4, 0.5) is 4.39 Å². The molecular weight excluding hydrogens is 588 g/mol. The van der Waals surface area contributed by atoms with Gasteiger partial charge in [0.2, 0.25) is 5.43 Å². The van der Waals surface area contributed by atoms with E-state index in [1.165, 1.54) is 17.7 Å². The molecule has 3 heterocycles. The van der Waals surface area contributed by atoms with E-state index in [1.807, 2.05) is 58.1 Å². The maximum Gasteiger partial charge on any atom is 0.277 e. The molecule has 1 saturated heterocycles. The molecule has 0 spiro atoms. The Morgan fingerprint density at radius 1 is 0.956 bits per heavy atom. The first-order valence-corrected chi connectivity index (χ1v) is 16.0. The van der Waals surface area contributed by atoms with Crippen molar-refractivity contribution >= 4 is 26.5 Å². The van der Waals surface area contributed by atoms with Gasteiger partial charge in [0, 0.05) is 37.3 Å².